The van der Waals surface area contributed by atoms with E-state index in [0.29, 0.717) is 10.4 Å². The molecule has 0 fully saturated rings. The van der Waals surface area contributed by atoms with E-state index in [0.717, 1.165) is 0 Å². The molecule has 0 saturated carbocycles. The molecule has 9 aromatic rings. The third-order valence-corrected chi connectivity index (χ3v) is 11.8. The van der Waals surface area contributed by atoms with Gasteiger partial charge in [-0.05, 0) is 40.1 Å². The maximum atomic E-state index is 9.27. The van der Waals surface area contributed by atoms with Crippen LogP contribution >= 0.6 is 0 Å². The maximum absolute atomic E-state index is 9.27. The van der Waals surface area contributed by atoms with Gasteiger partial charge in [-0.3, -0.25) is 0 Å². The lowest BCUT2D eigenvalue weighted by Gasteiger charge is -2.19. The Morgan fingerprint density at radius 3 is 1.91 bits per heavy atom. The minimum Gasteiger partial charge on any atom is -0.456 e. The molecule has 6 heteroatoms. The molecule has 5 nitrogen and oxygen atoms in total. The molecule has 0 bridgehead atoms. The van der Waals surface area contributed by atoms with Gasteiger partial charge in [-0.1, -0.05) is 116 Å². The predicted molar refractivity (Wildman–Crippen MR) is 193 cm³/mol. The zero-order valence-electron chi connectivity index (χ0n) is 44.2. The van der Waals surface area contributed by atoms with E-state index in [-0.39, 0.29) is 55.4 Å². The van der Waals surface area contributed by atoms with Crippen LogP contribution in [0.1, 0.15) is 27.4 Å². The molecule has 0 radical (unpaired) electrons. The van der Waals surface area contributed by atoms with Gasteiger partial charge in [0, 0.05) is 43.8 Å². The fraction of sp³-hybridized carbons (Fsp3) is 0.0488. The smallest absolute Gasteiger partial charge is 0.164 e. The van der Waals surface area contributed by atoms with E-state index >= 15 is 0 Å². The Morgan fingerprint density at radius 1 is 0.511 bits per heavy atom. The standard InChI is InChI=1S/C41H27N3O2Si/c1-47(2)33-22-11-8-17-27(33)37-34(47)23-29(36-26-16-7-10-20-31(26)46-38(36)37)41-43-39(24-13-4-3-5-14-24)42-40(44-41)28-18-12-21-32-35(28)25-15-6-9-19-30(25)45-32/h3-23H,1-2H3/i3D,4D,5D,6D,7D,8D,9D,10D,11D,12D,13D,14D,15D,16D,17D,18D,19D,20D,21D,22D. The molecule has 0 spiro atoms. The van der Waals surface area contributed by atoms with Crippen LogP contribution in [0.3, 0.4) is 0 Å². The van der Waals surface area contributed by atoms with Crippen molar-refractivity contribution in [1.82, 2.24) is 15.0 Å². The molecule has 1 aliphatic rings. The maximum Gasteiger partial charge on any atom is 0.164 e. The van der Waals surface area contributed by atoms with E-state index in [4.69, 9.17) is 39.9 Å². The van der Waals surface area contributed by atoms with Crippen LogP contribution in [-0.2, 0) is 0 Å². The number of para-hydroxylation sites is 2. The summed E-state index contributed by atoms with van der Waals surface area (Å²) in [6, 6.07) is -11.4. The van der Waals surface area contributed by atoms with E-state index in [1.165, 1.54) is 0 Å². The monoisotopic (exact) mass is 641 g/mol. The van der Waals surface area contributed by atoms with E-state index in [1.807, 2.05) is 13.1 Å². The topological polar surface area (TPSA) is 65.0 Å². The Bertz CT molecular complexity index is 3840. The van der Waals surface area contributed by atoms with E-state index < -0.39 is 163 Å². The second-order valence-corrected chi connectivity index (χ2v) is 15.6. The molecule has 4 heterocycles. The van der Waals surface area contributed by atoms with Crippen LogP contribution in [0.25, 0.3) is 89.2 Å². The number of aromatic nitrogens is 3. The van der Waals surface area contributed by atoms with Crippen molar-refractivity contribution in [3.63, 3.8) is 0 Å². The summed E-state index contributed by atoms with van der Waals surface area (Å²) < 4.78 is 187. The fourth-order valence-electron chi connectivity index (χ4n) is 6.29. The number of rotatable bonds is 3. The van der Waals surface area contributed by atoms with Crippen molar-refractivity contribution < 1.29 is 36.2 Å². The molecule has 0 saturated heterocycles. The molecule has 0 unspecified atom stereocenters. The van der Waals surface area contributed by atoms with Crippen molar-refractivity contribution >= 4 is 62.3 Å². The third kappa shape index (κ3) is 3.73. The first-order chi connectivity index (χ1) is 31.4. The average molecular weight is 642 g/mol. The van der Waals surface area contributed by atoms with Crippen molar-refractivity contribution in [2.24, 2.45) is 0 Å². The molecule has 1 aliphatic heterocycles. The lowest BCUT2D eigenvalue weighted by atomic mass is 9.98. The highest BCUT2D eigenvalue weighted by Gasteiger charge is 2.40. The van der Waals surface area contributed by atoms with Gasteiger partial charge in [0.05, 0.1) is 27.4 Å². The molecule has 0 N–H and O–H groups in total. The van der Waals surface area contributed by atoms with E-state index in [2.05, 4.69) is 9.97 Å². The van der Waals surface area contributed by atoms with Crippen LogP contribution in [-0.4, -0.2) is 23.0 Å². The summed E-state index contributed by atoms with van der Waals surface area (Å²) >= 11 is 0. The molecule has 47 heavy (non-hydrogen) atoms. The molecule has 10 rings (SSSR count). The summed E-state index contributed by atoms with van der Waals surface area (Å²) in [5, 5.41) is -0.190. The minimum absolute atomic E-state index is 0.0802. The van der Waals surface area contributed by atoms with Gasteiger partial charge >= 0.3 is 0 Å². The molecular formula is C41H27N3O2Si. The van der Waals surface area contributed by atoms with Gasteiger partial charge in [0.1, 0.15) is 30.4 Å². The largest absolute Gasteiger partial charge is 0.456 e. The normalized spacial score (nSPS) is 19.4. The van der Waals surface area contributed by atoms with Gasteiger partial charge in [0.15, 0.2) is 17.5 Å². The first kappa shape index (κ1) is 13.5. The predicted octanol–water partition coefficient (Wildman–Crippen LogP) is 9.47. The molecule has 0 aliphatic carbocycles. The SMILES string of the molecule is [2H]c1c([2H])c([2H])c(-c2nc(-c3cc4c(c5oc6c([2H])c([2H])c([2H])c([2H])c6c35)-c3c([2H])c([2H])c([2H])c([2H])c3[Si]4(C)C)nc(-c3c([2H])c([2H])c([2H])c4oc5c([2H])c([2H])c([2H])c([2H])c5c34)n2)c([2H])c1[2H]. The molecule has 3 aromatic heterocycles. The summed E-state index contributed by atoms with van der Waals surface area (Å²) in [4.78, 5) is 14.0. The van der Waals surface area contributed by atoms with Crippen LogP contribution in [0.4, 0.5) is 0 Å². The number of hydrogen-bond acceptors (Lipinski definition) is 5. The molecule has 0 amide bonds. The first-order valence-corrected chi connectivity index (χ1v) is 17.2. The van der Waals surface area contributed by atoms with Crippen molar-refractivity contribution in [2.45, 2.75) is 13.1 Å². The van der Waals surface area contributed by atoms with Crippen LogP contribution in [0.2, 0.25) is 13.1 Å². The van der Waals surface area contributed by atoms with Gasteiger partial charge < -0.3 is 8.83 Å². The van der Waals surface area contributed by atoms with Crippen molar-refractivity contribution in [3.8, 4) is 45.3 Å². The van der Waals surface area contributed by atoms with Crippen LogP contribution in [0, 0.1) is 0 Å². The number of benzene rings is 6. The number of hydrogen-bond donors (Lipinski definition) is 0. The van der Waals surface area contributed by atoms with Gasteiger partial charge in [-0.25, -0.2) is 15.0 Å². The molecule has 0 atom stereocenters. The quantitative estimate of drug-likeness (QED) is 0.180. The molecule has 6 aromatic carbocycles. The number of fused-ring (bicyclic) bond motifs is 10. The lowest BCUT2D eigenvalue weighted by Crippen LogP contribution is -2.49. The Balaban J connectivity index is 1.45. The third-order valence-electron chi connectivity index (χ3n) is 8.40. The van der Waals surface area contributed by atoms with Crippen LogP contribution < -0.4 is 10.4 Å². The summed E-state index contributed by atoms with van der Waals surface area (Å²) in [5.74, 6) is -1.62. The van der Waals surface area contributed by atoms with E-state index in [9.17, 15) is 1.37 Å². The second-order valence-electron chi connectivity index (χ2n) is 11.3. The Hall–Kier alpha value is -5.85. The summed E-state index contributed by atoms with van der Waals surface area (Å²) in [6.45, 7) is 3.63. The Kier molecular flexibility index (Phi) is 2.75. The zero-order valence-corrected chi connectivity index (χ0v) is 25.2. The van der Waals surface area contributed by atoms with Gasteiger partial charge in [0.25, 0.3) is 0 Å². The summed E-state index contributed by atoms with van der Waals surface area (Å²) in [5.41, 5.74) is -2.18. The highest BCUT2D eigenvalue weighted by atomic mass is 28.3. The second kappa shape index (κ2) is 9.58. The Labute approximate surface area is 299 Å². The first-order valence-electron chi connectivity index (χ1n) is 24.2. The molecular weight excluding hydrogens is 595 g/mol. The summed E-state index contributed by atoms with van der Waals surface area (Å²) in [6.07, 6.45) is 0. The fourth-order valence-corrected chi connectivity index (χ4v) is 9.12. The van der Waals surface area contributed by atoms with Crippen molar-refractivity contribution in [2.75, 3.05) is 0 Å². The van der Waals surface area contributed by atoms with Gasteiger partial charge in [-0.15, -0.1) is 0 Å². The van der Waals surface area contributed by atoms with Gasteiger partial charge in [0.2, 0.25) is 0 Å². The minimum atomic E-state index is -3.29. The van der Waals surface area contributed by atoms with E-state index in [1.54, 1.807) is 6.07 Å². The zero-order chi connectivity index (χ0) is 48.7. The highest BCUT2D eigenvalue weighted by molar-refractivity contribution is 7.04. The highest BCUT2D eigenvalue weighted by Crippen LogP contribution is 2.44. The van der Waals surface area contributed by atoms with Crippen LogP contribution in [0.5, 0.6) is 0 Å². The molecule has 222 valence electrons. The number of nitrogens with zero attached hydrogens (tertiary/aromatic N) is 3. The summed E-state index contributed by atoms with van der Waals surface area (Å²) in [7, 11) is -3.29. The van der Waals surface area contributed by atoms with Crippen molar-refractivity contribution in [1.29, 1.82) is 0 Å². The Morgan fingerprint density at radius 2 is 1.11 bits per heavy atom. The van der Waals surface area contributed by atoms with Crippen molar-refractivity contribution in [3.05, 3.63) is 127 Å². The number of furan rings is 2. The van der Waals surface area contributed by atoms with Crippen LogP contribution in [0.15, 0.2) is 136 Å². The average Bonchev–Trinajstić information content (AvgIpc) is 3.96. The lowest BCUT2D eigenvalue weighted by molar-refractivity contribution is 0.669. The van der Waals surface area contributed by atoms with Gasteiger partial charge in [-0.2, -0.15) is 0 Å².